The SMILES string of the molecule is Cc1ccc2c(c1)N(CCCS(=O)(=O)[O-])C(=CC=CC=Cc1sc3ccc(C)cc3[n+]1CCCS(=O)(=O)[O-])S2.[K+]. The topological polar surface area (TPSA) is 122 Å². The summed E-state index contributed by atoms with van der Waals surface area (Å²) in [7, 11) is -8.54. The summed E-state index contributed by atoms with van der Waals surface area (Å²) in [5.41, 5.74) is 4.19. The smallest absolute Gasteiger partial charge is 0.748 e. The molecule has 0 radical (unpaired) electrons. The van der Waals surface area contributed by atoms with Gasteiger partial charge < -0.3 is 14.0 Å². The van der Waals surface area contributed by atoms with Crippen LogP contribution >= 0.6 is 23.1 Å². The van der Waals surface area contributed by atoms with Crippen LogP contribution in [0.15, 0.2) is 70.6 Å². The number of aryl methyl sites for hydroxylation is 3. The number of rotatable bonds is 11. The Morgan fingerprint density at radius 1 is 0.900 bits per heavy atom. The van der Waals surface area contributed by atoms with E-state index in [1.54, 1.807) is 23.1 Å². The summed E-state index contributed by atoms with van der Waals surface area (Å²) in [4.78, 5) is 3.11. The fourth-order valence-corrected chi connectivity index (χ4v) is 7.40. The van der Waals surface area contributed by atoms with Gasteiger partial charge >= 0.3 is 51.4 Å². The van der Waals surface area contributed by atoms with Gasteiger partial charge in [0.2, 0.25) is 5.52 Å². The molecule has 4 rings (SSSR count). The number of fused-ring (bicyclic) bond motifs is 2. The Kier molecular flexibility index (Phi) is 12.2. The first-order valence-electron chi connectivity index (χ1n) is 12.3. The second-order valence-corrected chi connectivity index (χ2v) is 14.4. The minimum absolute atomic E-state index is 0. The first kappa shape index (κ1) is 33.7. The summed E-state index contributed by atoms with van der Waals surface area (Å²) in [6.45, 7) is 4.83. The van der Waals surface area contributed by atoms with E-state index in [1.807, 2.05) is 78.0 Å². The van der Waals surface area contributed by atoms with Crippen LogP contribution in [0.2, 0.25) is 0 Å². The monoisotopic (exact) mass is 644 g/mol. The van der Waals surface area contributed by atoms with Gasteiger partial charge in [-0.05, 0) is 55.7 Å². The van der Waals surface area contributed by atoms with E-state index >= 15 is 0 Å². The average Bonchev–Trinajstić information content (AvgIpc) is 3.34. The fourth-order valence-electron chi connectivity index (χ4n) is 4.27. The van der Waals surface area contributed by atoms with E-state index in [0.717, 1.165) is 42.0 Å². The molecule has 2 heterocycles. The summed E-state index contributed by atoms with van der Waals surface area (Å²) in [5, 5.41) is 1.88. The van der Waals surface area contributed by atoms with Gasteiger partial charge in [-0.2, -0.15) is 4.57 Å². The summed E-state index contributed by atoms with van der Waals surface area (Å²) < 4.78 is 69.7. The predicted molar refractivity (Wildman–Crippen MR) is 156 cm³/mol. The molecule has 0 bridgehead atoms. The van der Waals surface area contributed by atoms with E-state index in [9.17, 15) is 25.9 Å². The van der Waals surface area contributed by atoms with Gasteiger partial charge in [-0.1, -0.05) is 53.5 Å². The molecule has 1 aliphatic heterocycles. The van der Waals surface area contributed by atoms with E-state index in [-0.39, 0.29) is 64.2 Å². The molecule has 0 N–H and O–H groups in total. The van der Waals surface area contributed by atoms with Crippen molar-refractivity contribution in [2.24, 2.45) is 0 Å². The number of benzene rings is 2. The van der Waals surface area contributed by atoms with Gasteiger partial charge in [0, 0.05) is 41.5 Å². The Bertz CT molecular complexity index is 1680. The molecule has 0 amide bonds. The average molecular weight is 645 g/mol. The number of hydrogen-bond acceptors (Lipinski definition) is 9. The molecule has 3 aromatic rings. The molecule has 0 aliphatic carbocycles. The summed E-state index contributed by atoms with van der Waals surface area (Å²) in [6.07, 6.45) is 10.1. The van der Waals surface area contributed by atoms with E-state index in [0.29, 0.717) is 13.1 Å². The number of anilines is 1. The minimum Gasteiger partial charge on any atom is -0.748 e. The van der Waals surface area contributed by atoms with Crippen LogP contribution in [0.4, 0.5) is 5.69 Å². The molecule has 1 aromatic heterocycles. The third-order valence-corrected chi connectivity index (χ3v) is 9.86. The number of allylic oxidation sites excluding steroid dienone is 4. The first-order valence-corrected chi connectivity index (χ1v) is 17.1. The molecule has 1 aliphatic rings. The van der Waals surface area contributed by atoms with Crippen molar-refractivity contribution in [2.75, 3.05) is 23.0 Å². The maximum Gasteiger partial charge on any atom is 1.00 e. The predicted octanol–water partition coefficient (Wildman–Crippen LogP) is 1.70. The van der Waals surface area contributed by atoms with Crippen molar-refractivity contribution in [3.63, 3.8) is 0 Å². The molecule has 0 saturated carbocycles. The maximum absolute atomic E-state index is 11.1. The Morgan fingerprint density at radius 3 is 2.30 bits per heavy atom. The number of hydrogen-bond donors (Lipinski definition) is 0. The third-order valence-electron chi connectivity index (χ3n) is 6.02. The fraction of sp³-hybridized carbons (Fsp3) is 0.296. The van der Waals surface area contributed by atoms with Crippen LogP contribution in [-0.2, 0) is 26.8 Å². The number of thioether (sulfide) groups is 1. The van der Waals surface area contributed by atoms with Crippen molar-refractivity contribution in [2.45, 2.75) is 38.1 Å². The van der Waals surface area contributed by atoms with E-state index < -0.39 is 31.7 Å². The van der Waals surface area contributed by atoms with E-state index in [2.05, 4.69) is 12.1 Å². The second-order valence-electron chi connectivity index (χ2n) is 9.27. The van der Waals surface area contributed by atoms with Crippen molar-refractivity contribution >= 4 is 65.3 Å². The van der Waals surface area contributed by atoms with Crippen LogP contribution in [0.1, 0.15) is 29.0 Å². The zero-order valence-electron chi connectivity index (χ0n) is 22.6. The molecule has 13 heteroatoms. The molecule has 40 heavy (non-hydrogen) atoms. The maximum atomic E-state index is 11.1. The van der Waals surface area contributed by atoms with Crippen LogP contribution in [0.3, 0.4) is 0 Å². The first-order chi connectivity index (χ1) is 18.4. The number of nitrogens with zero attached hydrogens (tertiary/aromatic N) is 2. The Balaban J connectivity index is 0.00000441. The summed E-state index contributed by atoms with van der Waals surface area (Å²) >= 11 is 3.18. The molecule has 0 atom stereocenters. The van der Waals surface area contributed by atoms with Crippen molar-refractivity contribution in [1.82, 2.24) is 0 Å². The zero-order valence-corrected chi connectivity index (χ0v) is 29.0. The van der Waals surface area contributed by atoms with Gasteiger partial charge in [0.15, 0.2) is 6.54 Å². The molecule has 0 unspecified atom stereocenters. The molecule has 208 valence electrons. The Hall–Kier alpha value is -0.844. The summed E-state index contributed by atoms with van der Waals surface area (Å²) in [5.74, 6) is -0.812. The molecule has 0 fully saturated rings. The van der Waals surface area contributed by atoms with Crippen molar-refractivity contribution in [3.8, 4) is 0 Å². The molecule has 0 saturated heterocycles. The minimum atomic E-state index is -4.27. The van der Waals surface area contributed by atoms with Gasteiger partial charge in [0.05, 0.1) is 31.0 Å². The Morgan fingerprint density at radius 2 is 1.57 bits per heavy atom. The van der Waals surface area contributed by atoms with Crippen molar-refractivity contribution in [3.05, 3.63) is 81.9 Å². The largest absolute Gasteiger partial charge is 1.00 e. The van der Waals surface area contributed by atoms with Gasteiger partial charge in [0.25, 0.3) is 5.01 Å². The van der Waals surface area contributed by atoms with Crippen LogP contribution < -0.4 is 60.9 Å². The number of thiazole rings is 1. The van der Waals surface area contributed by atoms with Gasteiger partial charge in [-0.25, -0.2) is 16.8 Å². The quantitative estimate of drug-likeness (QED) is 0.134. The molecule has 8 nitrogen and oxygen atoms in total. The van der Waals surface area contributed by atoms with Crippen LogP contribution in [-0.4, -0.2) is 44.0 Å². The number of aromatic nitrogens is 1. The van der Waals surface area contributed by atoms with Crippen LogP contribution in [0, 0.1) is 13.8 Å². The van der Waals surface area contributed by atoms with E-state index in [1.165, 1.54) is 0 Å². The summed E-state index contributed by atoms with van der Waals surface area (Å²) in [6, 6.07) is 12.2. The molecular weight excluding hydrogens is 616 g/mol. The van der Waals surface area contributed by atoms with E-state index in [4.69, 9.17) is 0 Å². The third kappa shape index (κ3) is 9.59. The van der Waals surface area contributed by atoms with Crippen molar-refractivity contribution in [1.29, 1.82) is 0 Å². The zero-order chi connectivity index (χ0) is 28.2. The van der Waals surface area contributed by atoms with Crippen LogP contribution in [0.25, 0.3) is 16.3 Å². The van der Waals surface area contributed by atoms with Crippen molar-refractivity contribution < 1.29 is 81.9 Å². The molecule has 0 spiro atoms. The molecular formula is C27H29KN2O6S4. The van der Waals surface area contributed by atoms with Gasteiger partial charge in [-0.3, -0.25) is 0 Å². The van der Waals surface area contributed by atoms with Gasteiger partial charge in [-0.15, -0.1) is 0 Å². The second kappa shape index (κ2) is 14.6. The molecule has 2 aromatic carbocycles. The van der Waals surface area contributed by atoms with Gasteiger partial charge in [0.1, 0.15) is 4.70 Å². The normalized spacial score (nSPS) is 15.0. The Labute approximate surface area is 286 Å². The standard InChI is InChI=1S/C27H30N2O6S4.K/c1-20-10-12-24-22(18-20)28(14-6-16-38(30,31)32)26(36-24)8-4-3-5-9-27-29(15-7-17-39(33,34)35)23-19-21(2)11-13-25(23)37-27;/h3-5,8-13,18-19H,6-7,14-17H2,1-2H3,(H-,30,31,32,33,34,35);/q;+1/p-1. The van der Waals surface area contributed by atoms with Crippen LogP contribution in [0.5, 0.6) is 0 Å².